The second-order valence-corrected chi connectivity index (χ2v) is 4.93. The maximum absolute atomic E-state index is 12.2. The molecule has 3 N–H and O–H groups in total. The third-order valence-electron chi connectivity index (χ3n) is 3.17. The molecule has 0 radical (unpaired) electrons. The van der Waals surface area contributed by atoms with Crippen molar-refractivity contribution in [3.63, 3.8) is 0 Å². The molecule has 0 aliphatic rings. The van der Waals surface area contributed by atoms with E-state index in [0.717, 1.165) is 16.8 Å². The molecule has 0 aromatic heterocycles. The number of carbonyl (C=O) groups excluding carboxylic acids is 1. The molecule has 2 aromatic rings. The number of hydrogen-bond donors (Lipinski definition) is 2. The molecule has 4 heteroatoms. The van der Waals surface area contributed by atoms with Crippen LogP contribution >= 0.6 is 0 Å². The van der Waals surface area contributed by atoms with Crippen molar-refractivity contribution >= 4 is 11.6 Å². The lowest BCUT2D eigenvalue weighted by Gasteiger charge is -2.16. The highest BCUT2D eigenvalue weighted by atomic mass is 16.5. The van der Waals surface area contributed by atoms with Crippen LogP contribution in [0.5, 0.6) is 5.75 Å². The molecular weight excluding hydrogens is 264 g/mol. The highest BCUT2D eigenvalue weighted by Crippen LogP contribution is 2.17. The van der Waals surface area contributed by atoms with Gasteiger partial charge in [-0.25, -0.2) is 0 Å². The van der Waals surface area contributed by atoms with Crippen molar-refractivity contribution in [3.8, 4) is 5.75 Å². The average molecular weight is 284 g/mol. The van der Waals surface area contributed by atoms with Crippen LogP contribution in [-0.4, -0.2) is 12.0 Å². The molecule has 0 bridgehead atoms. The summed E-state index contributed by atoms with van der Waals surface area (Å²) in [7, 11) is 0. The monoisotopic (exact) mass is 284 g/mol. The first-order chi connectivity index (χ1) is 10.1. The number of ether oxygens (including phenoxy) is 1. The zero-order valence-corrected chi connectivity index (χ0v) is 12.3. The molecule has 0 aliphatic carbocycles. The van der Waals surface area contributed by atoms with Gasteiger partial charge in [-0.05, 0) is 43.2 Å². The molecule has 1 atom stereocenters. The molecule has 2 rings (SSSR count). The Hall–Kier alpha value is -2.33. The summed E-state index contributed by atoms with van der Waals surface area (Å²) in [5.41, 5.74) is 8.37. The molecular formula is C17H20N2O2. The Morgan fingerprint density at radius 1 is 1.24 bits per heavy atom. The summed E-state index contributed by atoms with van der Waals surface area (Å²) in [5.74, 6) is 0.488. The van der Waals surface area contributed by atoms with E-state index in [4.69, 9.17) is 10.5 Å². The molecule has 0 heterocycles. The van der Waals surface area contributed by atoms with E-state index in [-0.39, 0.29) is 5.91 Å². The van der Waals surface area contributed by atoms with Gasteiger partial charge < -0.3 is 15.8 Å². The third-order valence-corrected chi connectivity index (χ3v) is 3.17. The van der Waals surface area contributed by atoms with Crippen LogP contribution in [0.1, 0.15) is 18.1 Å². The highest BCUT2D eigenvalue weighted by molar-refractivity contribution is 5.94. The molecule has 4 nitrogen and oxygen atoms in total. The van der Waals surface area contributed by atoms with Gasteiger partial charge in [0.1, 0.15) is 5.75 Å². The van der Waals surface area contributed by atoms with Crippen LogP contribution in [0.4, 0.5) is 5.69 Å². The Labute approximate surface area is 124 Å². The molecule has 0 saturated carbocycles. The molecule has 0 fully saturated rings. The van der Waals surface area contributed by atoms with Crippen LogP contribution in [0.2, 0.25) is 0 Å². The Balaban J connectivity index is 2.02. The van der Waals surface area contributed by atoms with E-state index in [1.54, 1.807) is 6.92 Å². The Morgan fingerprint density at radius 3 is 2.71 bits per heavy atom. The number of amides is 1. The summed E-state index contributed by atoms with van der Waals surface area (Å²) in [5, 5.41) is 2.85. The van der Waals surface area contributed by atoms with Gasteiger partial charge in [-0.1, -0.05) is 30.3 Å². The summed E-state index contributed by atoms with van der Waals surface area (Å²) < 4.78 is 5.66. The lowest BCUT2D eigenvalue weighted by molar-refractivity contribution is -0.122. The van der Waals surface area contributed by atoms with Gasteiger partial charge in [0.05, 0.1) is 0 Å². The normalized spacial score (nSPS) is 11.8. The van der Waals surface area contributed by atoms with Crippen molar-refractivity contribution in [2.24, 2.45) is 5.73 Å². The van der Waals surface area contributed by atoms with E-state index >= 15 is 0 Å². The third kappa shape index (κ3) is 4.07. The molecule has 110 valence electrons. The Bertz CT molecular complexity index is 626. The summed E-state index contributed by atoms with van der Waals surface area (Å²) >= 11 is 0. The van der Waals surface area contributed by atoms with Gasteiger partial charge in [-0.3, -0.25) is 4.79 Å². The number of nitrogens with two attached hydrogens (primary N) is 1. The fourth-order valence-corrected chi connectivity index (χ4v) is 2.00. The fraction of sp³-hybridized carbons (Fsp3) is 0.235. The first-order valence-corrected chi connectivity index (χ1v) is 6.92. The minimum absolute atomic E-state index is 0.197. The first-order valence-electron chi connectivity index (χ1n) is 6.92. The van der Waals surface area contributed by atoms with Crippen LogP contribution in [-0.2, 0) is 11.3 Å². The number of para-hydroxylation sites is 1. The number of rotatable bonds is 5. The van der Waals surface area contributed by atoms with Gasteiger partial charge in [0.25, 0.3) is 5.91 Å². The standard InChI is InChI=1S/C17H20N2O2/c1-12-6-5-8-15(10-12)21-13(2)17(20)19-16-9-4-3-7-14(16)11-18/h3-10,13H,11,18H2,1-2H3,(H,19,20). The first kappa shape index (κ1) is 15.1. The zero-order valence-electron chi connectivity index (χ0n) is 12.3. The summed E-state index contributed by atoms with van der Waals surface area (Å²) in [6, 6.07) is 15.1. The fourth-order valence-electron chi connectivity index (χ4n) is 2.00. The van der Waals surface area contributed by atoms with Crippen LogP contribution < -0.4 is 15.8 Å². The van der Waals surface area contributed by atoms with Crippen molar-refractivity contribution < 1.29 is 9.53 Å². The van der Waals surface area contributed by atoms with Gasteiger partial charge in [-0.2, -0.15) is 0 Å². The van der Waals surface area contributed by atoms with Gasteiger partial charge in [-0.15, -0.1) is 0 Å². The molecule has 2 aromatic carbocycles. The predicted octanol–water partition coefficient (Wildman–Crippen LogP) is 2.86. The van der Waals surface area contributed by atoms with E-state index < -0.39 is 6.10 Å². The lowest BCUT2D eigenvalue weighted by atomic mass is 10.1. The minimum atomic E-state index is -0.586. The molecule has 21 heavy (non-hydrogen) atoms. The topological polar surface area (TPSA) is 64.3 Å². The van der Waals surface area contributed by atoms with Crippen LogP contribution in [0.3, 0.4) is 0 Å². The van der Waals surface area contributed by atoms with Crippen LogP contribution in [0.15, 0.2) is 48.5 Å². The second kappa shape index (κ2) is 6.90. The van der Waals surface area contributed by atoms with E-state index in [2.05, 4.69) is 5.32 Å². The largest absolute Gasteiger partial charge is 0.481 e. The molecule has 1 amide bonds. The lowest BCUT2D eigenvalue weighted by Crippen LogP contribution is -2.30. The summed E-state index contributed by atoms with van der Waals surface area (Å²) in [6.07, 6.45) is -0.586. The predicted molar refractivity (Wildman–Crippen MR) is 84.2 cm³/mol. The van der Waals surface area contributed by atoms with Gasteiger partial charge >= 0.3 is 0 Å². The smallest absolute Gasteiger partial charge is 0.265 e. The Kier molecular flexibility index (Phi) is 4.95. The van der Waals surface area contributed by atoms with E-state index in [1.807, 2.05) is 55.5 Å². The zero-order chi connectivity index (χ0) is 15.2. The van der Waals surface area contributed by atoms with Crippen molar-refractivity contribution in [2.45, 2.75) is 26.5 Å². The maximum atomic E-state index is 12.2. The SMILES string of the molecule is Cc1cccc(OC(C)C(=O)Nc2ccccc2CN)c1. The number of carbonyl (C=O) groups is 1. The molecule has 1 unspecified atom stereocenters. The van der Waals surface area contributed by atoms with Crippen molar-refractivity contribution in [1.82, 2.24) is 0 Å². The molecule has 0 aliphatic heterocycles. The number of anilines is 1. The number of nitrogens with one attached hydrogen (secondary N) is 1. The van der Waals surface area contributed by atoms with Crippen LogP contribution in [0.25, 0.3) is 0 Å². The Morgan fingerprint density at radius 2 is 2.00 bits per heavy atom. The molecule has 0 spiro atoms. The van der Waals surface area contributed by atoms with Gasteiger partial charge in [0.15, 0.2) is 6.10 Å². The van der Waals surface area contributed by atoms with E-state index in [1.165, 1.54) is 0 Å². The van der Waals surface area contributed by atoms with Crippen molar-refractivity contribution in [1.29, 1.82) is 0 Å². The van der Waals surface area contributed by atoms with Crippen molar-refractivity contribution in [3.05, 3.63) is 59.7 Å². The summed E-state index contributed by atoms with van der Waals surface area (Å²) in [6.45, 7) is 4.08. The second-order valence-electron chi connectivity index (χ2n) is 4.93. The average Bonchev–Trinajstić information content (AvgIpc) is 2.47. The van der Waals surface area contributed by atoms with E-state index in [0.29, 0.717) is 12.3 Å². The number of benzene rings is 2. The minimum Gasteiger partial charge on any atom is -0.481 e. The summed E-state index contributed by atoms with van der Waals surface area (Å²) in [4.78, 5) is 12.2. The number of aryl methyl sites for hydroxylation is 1. The van der Waals surface area contributed by atoms with Gasteiger partial charge in [0, 0.05) is 12.2 Å². The quantitative estimate of drug-likeness (QED) is 0.887. The van der Waals surface area contributed by atoms with E-state index in [9.17, 15) is 4.79 Å². The van der Waals surface area contributed by atoms with Crippen LogP contribution in [0, 0.1) is 6.92 Å². The van der Waals surface area contributed by atoms with Gasteiger partial charge in [0.2, 0.25) is 0 Å². The molecule has 0 saturated heterocycles. The maximum Gasteiger partial charge on any atom is 0.265 e. The highest BCUT2D eigenvalue weighted by Gasteiger charge is 2.15. The van der Waals surface area contributed by atoms with Crippen molar-refractivity contribution in [2.75, 3.05) is 5.32 Å². The number of hydrogen-bond acceptors (Lipinski definition) is 3.